The molecule has 0 radical (unpaired) electrons. The van der Waals surface area contributed by atoms with Crippen LogP contribution in [-0.2, 0) is 0 Å². The molecular weight excluding hydrogens is 1130 g/mol. The van der Waals surface area contributed by atoms with Crippen LogP contribution >= 0.6 is 0 Å². The van der Waals surface area contributed by atoms with E-state index in [2.05, 4.69) is 306 Å². The first-order valence-corrected chi connectivity index (χ1v) is 34.1. The molecule has 5 aromatic carbocycles. The Bertz CT molecular complexity index is 2870. The van der Waals surface area contributed by atoms with Crippen LogP contribution in [0.3, 0.4) is 0 Å². The fourth-order valence-electron chi connectivity index (χ4n) is 10.5. The van der Waals surface area contributed by atoms with Gasteiger partial charge in [0.1, 0.15) is 23.3 Å². The molecule has 0 saturated carbocycles. The summed E-state index contributed by atoms with van der Waals surface area (Å²) in [6.07, 6.45) is 1.90. The molecule has 0 aliphatic heterocycles. The van der Waals surface area contributed by atoms with E-state index in [0.29, 0.717) is 47.3 Å². The zero-order chi connectivity index (χ0) is 67.4. The Balaban J connectivity index is 0.000000802. The van der Waals surface area contributed by atoms with Crippen LogP contribution in [0.2, 0.25) is 0 Å². The Morgan fingerprint density at radius 1 is 0.319 bits per heavy atom. The Labute approximate surface area is 591 Å². The summed E-state index contributed by atoms with van der Waals surface area (Å²) >= 11 is 0. The fraction of sp³-hybridized carbons (Fsp3) is 0.580. The van der Waals surface area contributed by atoms with Gasteiger partial charge in [0.2, 0.25) is 0 Å². The van der Waals surface area contributed by atoms with Crippen LogP contribution in [0.25, 0.3) is 21.3 Å². The van der Waals surface area contributed by atoms with Gasteiger partial charge in [-0.15, -0.1) is 0 Å². The van der Waals surface area contributed by atoms with Crippen LogP contribution in [0, 0.1) is 28.6 Å². The van der Waals surface area contributed by atoms with Crippen molar-refractivity contribution in [3.05, 3.63) is 174 Å². The summed E-state index contributed by atoms with van der Waals surface area (Å²) in [7, 11) is 0. The molecule has 0 aliphatic rings. The molecular formula is C81H128Mg2N8+4. The van der Waals surface area contributed by atoms with Gasteiger partial charge in [0.25, 0.3) is 0 Å². The third kappa shape index (κ3) is 27.4. The van der Waals surface area contributed by atoms with Crippen LogP contribution in [0.1, 0.15) is 304 Å². The maximum Gasteiger partial charge on any atom is 2.00 e. The van der Waals surface area contributed by atoms with Gasteiger partial charge in [-0.25, -0.2) is 16.0 Å². The molecule has 8 nitrogen and oxygen atoms in total. The van der Waals surface area contributed by atoms with Crippen molar-refractivity contribution in [3.63, 3.8) is 0 Å². The van der Waals surface area contributed by atoms with E-state index >= 15 is 0 Å². The normalized spacial score (nSPS) is 12.9. The van der Waals surface area contributed by atoms with Gasteiger partial charge in [0.15, 0.2) is 0 Å². The first-order valence-electron chi connectivity index (χ1n) is 34.1. The monoisotopic (exact) mass is 1260 g/mol. The third-order valence-electron chi connectivity index (χ3n) is 15.9. The van der Waals surface area contributed by atoms with Crippen molar-refractivity contribution in [2.45, 2.75) is 261 Å². The number of amidine groups is 4. The molecule has 4 N–H and O–H groups in total. The van der Waals surface area contributed by atoms with Gasteiger partial charge in [-0.3, -0.25) is 5.32 Å². The van der Waals surface area contributed by atoms with Crippen LogP contribution in [-0.4, -0.2) is 95.6 Å². The van der Waals surface area contributed by atoms with Gasteiger partial charge < -0.3 is 20.0 Å². The molecule has 0 aromatic heterocycles. The smallest absolute Gasteiger partial charge is 0.373 e. The first kappa shape index (κ1) is 84.5. The molecule has 0 aliphatic carbocycles. The number of para-hydroxylation sites is 4. The summed E-state index contributed by atoms with van der Waals surface area (Å²) in [6.45, 7) is 68.4. The van der Waals surface area contributed by atoms with E-state index in [1.54, 1.807) is 0 Å². The Morgan fingerprint density at radius 3 is 0.780 bits per heavy atom. The minimum atomic E-state index is -0.0897. The summed E-state index contributed by atoms with van der Waals surface area (Å²) in [5.41, 5.74) is 16.2. The average Bonchev–Trinajstić information content (AvgIpc) is 3.42. The van der Waals surface area contributed by atoms with Crippen LogP contribution in [0.4, 0.5) is 22.7 Å². The fourth-order valence-corrected chi connectivity index (χ4v) is 10.5. The number of rotatable bonds is 20. The maximum absolute atomic E-state index is 5.31. The molecule has 0 saturated heterocycles. The molecule has 0 heterocycles. The van der Waals surface area contributed by atoms with E-state index in [1.807, 2.05) is 18.2 Å². The first-order chi connectivity index (χ1) is 41.3. The quantitative estimate of drug-likeness (QED) is 0.0258. The molecule has 492 valence electrons. The van der Waals surface area contributed by atoms with Crippen molar-refractivity contribution in [1.29, 1.82) is 0 Å². The Kier molecular flexibility index (Phi) is 36.0. The number of nitrogens with zero attached hydrogens (tertiary/aromatic N) is 4. The second kappa shape index (κ2) is 38.8. The van der Waals surface area contributed by atoms with E-state index < -0.39 is 0 Å². The second-order valence-electron chi connectivity index (χ2n) is 31.3. The van der Waals surface area contributed by atoms with Gasteiger partial charge in [0.05, 0.1) is 17.1 Å². The Morgan fingerprint density at radius 2 is 0.560 bits per heavy atom. The van der Waals surface area contributed by atoms with Crippen molar-refractivity contribution in [3.8, 4) is 0 Å². The van der Waals surface area contributed by atoms with E-state index in [4.69, 9.17) is 21.3 Å². The van der Waals surface area contributed by atoms with Gasteiger partial charge in [-0.1, -0.05) is 303 Å². The van der Waals surface area contributed by atoms with Crippen molar-refractivity contribution >= 4 is 92.2 Å². The van der Waals surface area contributed by atoms with Crippen LogP contribution in [0.5, 0.6) is 0 Å². The van der Waals surface area contributed by atoms with Gasteiger partial charge in [0, 0.05) is 53.5 Å². The standard InChI is InChI=1S/2C37H58N4.C7H8.2Mg/c2*1-24(2)28-18-15-19-29(25(3)4)32(28)40-34(36(9,10)11)38-22-17-23-39-35(37(12,13)14)41-33-30(26(5)6)20-16-21-31(33)27(7)8;1-7-5-3-2-4-6-7;;/h2*15-16,18-21,24-27H,17,22-23H2,1-14H3;2-6H,1H3;;/q2*-2;;2*+2/p+4. The van der Waals surface area contributed by atoms with Gasteiger partial charge in [-0.2, -0.15) is 0 Å². The minimum absolute atomic E-state index is 0. The number of benzene rings is 5. The predicted octanol–water partition coefficient (Wildman–Crippen LogP) is 17.9. The second-order valence-corrected chi connectivity index (χ2v) is 31.3. The van der Waals surface area contributed by atoms with Crippen molar-refractivity contribution in [1.82, 2.24) is 0 Å². The number of aryl methyl sites for hydroxylation is 1. The van der Waals surface area contributed by atoms with Gasteiger partial charge >= 0.3 is 46.1 Å². The summed E-state index contributed by atoms with van der Waals surface area (Å²) in [4.78, 5) is 15.0. The summed E-state index contributed by atoms with van der Waals surface area (Å²) in [5, 5.41) is 21.1. The molecule has 0 fully saturated rings. The average molecular weight is 1260 g/mol. The van der Waals surface area contributed by atoms with Gasteiger partial charge in [-0.05, 0) is 112 Å². The van der Waals surface area contributed by atoms with E-state index in [9.17, 15) is 0 Å². The molecule has 5 rings (SSSR count). The largest absolute Gasteiger partial charge is 2.00 e. The van der Waals surface area contributed by atoms with Crippen LogP contribution in [0.15, 0.2) is 103 Å². The predicted molar refractivity (Wildman–Crippen MR) is 404 cm³/mol. The number of hydrogen-bond acceptors (Lipinski definition) is 0. The topological polar surface area (TPSA) is 112 Å². The molecule has 0 atom stereocenters. The Hall–Kier alpha value is -4.49. The zero-order valence-corrected chi connectivity index (χ0v) is 66.2. The molecule has 0 bridgehead atoms. The number of hydrogen-bond donors (Lipinski definition) is 4. The molecule has 91 heavy (non-hydrogen) atoms. The molecule has 0 unspecified atom stereocenters. The van der Waals surface area contributed by atoms with E-state index in [-0.39, 0.29) is 67.8 Å². The maximum atomic E-state index is 5.31. The van der Waals surface area contributed by atoms with E-state index in [1.165, 1.54) is 55.8 Å². The molecule has 5 aromatic rings. The summed E-state index contributed by atoms with van der Waals surface area (Å²) in [5.74, 6) is 7.58. The van der Waals surface area contributed by atoms with Crippen LogP contribution < -0.4 is 20.0 Å². The van der Waals surface area contributed by atoms with Crippen molar-refractivity contribution < 1.29 is 20.0 Å². The van der Waals surface area contributed by atoms with Crippen molar-refractivity contribution in [2.75, 3.05) is 26.2 Å². The molecule has 0 amide bonds. The summed E-state index contributed by atoms with van der Waals surface area (Å²) in [6, 6.07) is 36.9. The van der Waals surface area contributed by atoms with E-state index in [0.717, 1.165) is 79.4 Å². The SMILES string of the molecule is CC(C)c1cccc(C(C)C)c1[N-]C(=[NH+]CCC[N-]C(=[NH+]c1c(C(C)C)cccc1C(C)C)C(C)(C)C)C(C)(C)C.CC(C)c1cccc(C(C)C)c1[N-]C(=[NH+]CCC[NH+]=C([N-]c1c(C(C)C)cccc1C(C)C)C(C)(C)C)C(C)(C)C.Cc1ccccc1.[Mg+2].[Mg+2]. The van der Waals surface area contributed by atoms with Crippen molar-refractivity contribution in [2.24, 2.45) is 21.7 Å². The molecule has 0 spiro atoms. The number of nitrogens with one attached hydrogen (secondary N) is 4. The minimum Gasteiger partial charge on any atom is -0.373 e. The molecule has 10 heteroatoms. The third-order valence-corrected chi connectivity index (χ3v) is 15.9. The zero-order valence-electron chi connectivity index (χ0n) is 63.4. The summed E-state index contributed by atoms with van der Waals surface area (Å²) < 4.78 is 0.